The monoisotopic (exact) mass is 580 g/mol. The van der Waals surface area contributed by atoms with Crippen molar-refractivity contribution in [3.63, 3.8) is 0 Å². The number of carbonyl (C=O) groups is 5. The van der Waals surface area contributed by atoms with Gasteiger partial charge in [-0.1, -0.05) is 30.3 Å². The summed E-state index contributed by atoms with van der Waals surface area (Å²) in [5.41, 5.74) is 17.1. The molecule has 3 amide bonds. The van der Waals surface area contributed by atoms with Gasteiger partial charge < -0.3 is 37.8 Å². The minimum Gasteiger partial charge on any atom is -0.478 e. The van der Waals surface area contributed by atoms with E-state index in [2.05, 4.69) is 15.6 Å². The Morgan fingerprint density at radius 1 is 1.07 bits per heavy atom. The number of hydrogen-bond acceptors (Lipinski definition) is 7. The van der Waals surface area contributed by atoms with Gasteiger partial charge in [-0.2, -0.15) is 0 Å². The largest absolute Gasteiger partial charge is 0.478 e. The van der Waals surface area contributed by atoms with E-state index in [4.69, 9.17) is 18.6 Å². The predicted octanol–water partition coefficient (Wildman–Crippen LogP) is 0.427. The molecule has 1 aliphatic heterocycles. The van der Waals surface area contributed by atoms with Crippen molar-refractivity contribution in [3.8, 4) is 0 Å². The van der Waals surface area contributed by atoms with Crippen LogP contribution >= 0.6 is 0 Å². The fraction of sp³-hybridized carbons (Fsp3) is 0.379. The highest BCUT2D eigenvalue weighted by Gasteiger charge is 2.39. The van der Waals surface area contributed by atoms with Crippen LogP contribution in [0.3, 0.4) is 0 Å². The number of nitrogens with zero attached hydrogens (tertiary/aromatic N) is 2. The Bertz CT molecular complexity index is 1370. The van der Waals surface area contributed by atoms with Gasteiger partial charge in [0.25, 0.3) is 0 Å². The van der Waals surface area contributed by atoms with E-state index in [0.717, 1.165) is 5.56 Å². The minimum atomic E-state index is -1.33. The summed E-state index contributed by atoms with van der Waals surface area (Å²) in [4.78, 5) is 70.1. The molecule has 0 bridgehead atoms. The molecule has 0 aromatic heterocycles. The van der Waals surface area contributed by atoms with Crippen LogP contribution in [0.2, 0.25) is 0 Å². The van der Waals surface area contributed by atoms with Gasteiger partial charge >= 0.3 is 5.97 Å². The van der Waals surface area contributed by atoms with Crippen LogP contribution in [-0.4, -0.2) is 76.7 Å². The first-order valence-electron chi connectivity index (χ1n) is 14.2. The number of benzene rings is 2. The molecule has 1 aliphatic rings. The van der Waals surface area contributed by atoms with E-state index in [0.29, 0.717) is 12.8 Å². The van der Waals surface area contributed by atoms with E-state index in [-0.39, 0.29) is 55.1 Å². The van der Waals surface area contributed by atoms with Crippen LogP contribution in [0, 0.1) is 0 Å². The van der Waals surface area contributed by atoms with E-state index in [9.17, 15) is 29.1 Å². The molecule has 13 nitrogen and oxygen atoms in total. The fourth-order valence-corrected chi connectivity index (χ4v) is 4.93. The Kier molecular flexibility index (Phi) is 10.5. The SMILES string of the molecule is [2H]CC(=O)N[C@@H](Cc1ccccc1)C(=O)N1CCC[C@H]1C(=O)N[C@@H](CCCN=C(N)N)C(=O)c1cc(N)ccc1C(=O)O. The number of rotatable bonds is 13. The fourth-order valence-electron chi connectivity index (χ4n) is 4.93. The quantitative estimate of drug-likeness (QED) is 0.0634. The lowest BCUT2D eigenvalue weighted by Gasteiger charge is -2.30. The lowest BCUT2D eigenvalue weighted by Crippen LogP contribution is -2.55. The highest BCUT2D eigenvalue weighted by molar-refractivity contribution is 6.10. The molecule has 42 heavy (non-hydrogen) atoms. The number of carboxylic acids is 1. The number of anilines is 1. The second-order valence-electron chi connectivity index (χ2n) is 9.98. The summed E-state index contributed by atoms with van der Waals surface area (Å²) in [6.07, 6.45) is 1.35. The van der Waals surface area contributed by atoms with Gasteiger partial charge in [0.2, 0.25) is 17.7 Å². The zero-order chi connectivity index (χ0) is 31.5. The molecule has 1 heterocycles. The first kappa shape index (κ1) is 30.0. The number of guanidine groups is 1. The van der Waals surface area contributed by atoms with Crippen molar-refractivity contribution >= 4 is 41.1 Å². The molecule has 9 N–H and O–H groups in total. The van der Waals surface area contributed by atoms with Crippen molar-refractivity contribution in [1.82, 2.24) is 15.5 Å². The number of aromatic carboxylic acids is 1. The third-order valence-electron chi connectivity index (χ3n) is 6.87. The summed E-state index contributed by atoms with van der Waals surface area (Å²) < 4.78 is 7.38. The number of carbonyl (C=O) groups excluding carboxylic acids is 4. The van der Waals surface area contributed by atoms with E-state index >= 15 is 0 Å². The van der Waals surface area contributed by atoms with E-state index in [1.807, 2.05) is 18.2 Å². The number of Topliss-reactive ketones (excluding diaryl/α,β-unsaturated/α-hetero) is 1. The van der Waals surface area contributed by atoms with Crippen molar-refractivity contribution in [2.24, 2.45) is 16.5 Å². The predicted molar refractivity (Wildman–Crippen MR) is 156 cm³/mol. The van der Waals surface area contributed by atoms with Crippen molar-refractivity contribution < 1.29 is 30.4 Å². The summed E-state index contributed by atoms with van der Waals surface area (Å²) in [5, 5.41) is 14.9. The van der Waals surface area contributed by atoms with Crippen LogP contribution in [-0.2, 0) is 20.8 Å². The molecule has 1 fully saturated rings. The first-order valence-corrected chi connectivity index (χ1v) is 13.5. The molecule has 1 saturated heterocycles. The van der Waals surface area contributed by atoms with Gasteiger partial charge in [-0.15, -0.1) is 0 Å². The molecular weight excluding hydrogens is 542 g/mol. The van der Waals surface area contributed by atoms with Gasteiger partial charge in [0.1, 0.15) is 12.1 Å². The lowest BCUT2D eigenvalue weighted by atomic mass is 9.95. The Labute approximate surface area is 244 Å². The van der Waals surface area contributed by atoms with Gasteiger partial charge in [-0.25, -0.2) is 4.79 Å². The van der Waals surface area contributed by atoms with Crippen molar-refractivity contribution in [3.05, 3.63) is 65.2 Å². The summed E-state index contributed by atoms with van der Waals surface area (Å²) in [6.45, 7) is -0.148. The van der Waals surface area contributed by atoms with Gasteiger partial charge in [0, 0.05) is 39.0 Å². The molecule has 0 spiro atoms. The smallest absolute Gasteiger partial charge is 0.336 e. The maximum Gasteiger partial charge on any atom is 0.336 e. The lowest BCUT2D eigenvalue weighted by molar-refractivity contribution is -0.141. The third kappa shape index (κ3) is 8.53. The molecule has 2 aromatic carbocycles. The Morgan fingerprint density at radius 3 is 2.48 bits per heavy atom. The van der Waals surface area contributed by atoms with Crippen molar-refractivity contribution in [2.75, 3.05) is 18.8 Å². The number of hydrogen-bond donors (Lipinski definition) is 6. The molecule has 0 unspecified atom stereocenters. The third-order valence-corrected chi connectivity index (χ3v) is 6.87. The minimum absolute atomic E-state index is 0.0755. The summed E-state index contributed by atoms with van der Waals surface area (Å²) in [6, 6.07) is 9.76. The highest BCUT2D eigenvalue weighted by atomic mass is 16.4. The molecule has 2 aromatic rings. The van der Waals surface area contributed by atoms with E-state index in [1.165, 1.54) is 23.1 Å². The zero-order valence-electron chi connectivity index (χ0n) is 24.1. The summed E-state index contributed by atoms with van der Waals surface area (Å²) in [5.74, 6) is -3.85. The van der Waals surface area contributed by atoms with Crippen LogP contribution in [0.5, 0.6) is 0 Å². The maximum atomic E-state index is 13.7. The van der Waals surface area contributed by atoms with Crippen molar-refractivity contribution in [1.29, 1.82) is 0 Å². The molecule has 0 radical (unpaired) electrons. The number of carboxylic acid groups (broad SMARTS) is 1. The topological polar surface area (TPSA) is 223 Å². The molecule has 3 rings (SSSR count). The molecule has 0 saturated carbocycles. The van der Waals surface area contributed by atoms with E-state index < -0.39 is 54.5 Å². The number of nitrogens with two attached hydrogens (primary N) is 3. The summed E-state index contributed by atoms with van der Waals surface area (Å²) >= 11 is 0. The molecule has 224 valence electrons. The van der Waals surface area contributed by atoms with Crippen LogP contribution in [0.1, 0.15) is 60.2 Å². The molecule has 0 aliphatic carbocycles. The molecular formula is C29H37N7O6. The number of nitrogen functional groups attached to an aromatic ring is 1. The van der Waals surface area contributed by atoms with E-state index in [1.54, 1.807) is 12.1 Å². The Balaban J connectivity index is 1.85. The highest BCUT2D eigenvalue weighted by Crippen LogP contribution is 2.22. The number of ketones is 1. The van der Waals surface area contributed by atoms with Gasteiger partial charge in [0.15, 0.2) is 11.7 Å². The summed E-state index contributed by atoms with van der Waals surface area (Å²) in [7, 11) is 0. The van der Waals surface area contributed by atoms with Crippen LogP contribution in [0.15, 0.2) is 53.5 Å². The van der Waals surface area contributed by atoms with Gasteiger partial charge in [-0.05, 0) is 49.4 Å². The van der Waals surface area contributed by atoms with Gasteiger partial charge in [-0.3, -0.25) is 24.2 Å². The second-order valence-corrected chi connectivity index (χ2v) is 9.98. The van der Waals surface area contributed by atoms with Crippen molar-refractivity contribution in [2.45, 2.75) is 57.1 Å². The van der Waals surface area contributed by atoms with Crippen LogP contribution in [0.4, 0.5) is 5.69 Å². The first-order chi connectivity index (χ1) is 20.5. The average Bonchev–Trinajstić information content (AvgIpc) is 3.48. The standard InChI is InChI=1S/C29H37N7O6/c1-17(37)34-23(15-18-7-3-2-4-8-18)27(40)36-14-6-10-24(36)26(39)35-22(9-5-13-33-29(31)32)25(38)21-16-19(30)11-12-20(21)28(41)42/h2-4,7-8,11-12,16,22-24H,5-6,9-10,13-15,30H2,1H3,(H,34,37)(H,35,39)(H,41,42)(H4,31,32,33)/t22-,23-,24-/m0/s1/i1D. The van der Waals surface area contributed by atoms with Crippen LogP contribution < -0.4 is 27.8 Å². The average molecular weight is 581 g/mol. The second kappa shape index (κ2) is 14.6. The molecule has 13 heteroatoms. The van der Waals surface area contributed by atoms with Gasteiger partial charge in [0.05, 0.1) is 11.6 Å². The number of amides is 3. The number of likely N-dealkylation sites (tertiary alicyclic amines) is 1. The normalized spacial score (nSPS) is 16.0. The zero-order valence-corrected chi connectivity index (χ0v) is 23.1. The van der Waals surface area contributed by atoms with Crippen LogP contribution in [0.25, 0.3) is 0 Å². The number of aliphatic imine (C=N–C) groups is 1. The Hall–Kier alpha value is -4.94. The Morgan fingerprint density at radius 2 is 1.81 bits per heavy atom. The maximum absolute atomic E-state index is 13.7. The molecule has 3 atom stereocenters. The number of nitrogens with one attached hydrogen (secondary N) is 2.